The van der Waals surface area contributed by atoms with Gasteiger partial charge in [-0.3, -0.25) is 4.79 Å². The smallest absolute Gasteiger partial charge is 0.265 e. The minimum Gasteiger partial charge on any atom is -0.496 e. The van der Waals surface area contributed by atoms with Crippen LogP contribution in [0.2, 0.25) is 0 Å². The molecule has 0 bridgehead atoms. The van der Waals surface area contributed by atoms with Crippen LogP contribution in [-0.4, -0.2) is 12.9 Å². The maximum Gasteiger partial charge on any atom is 0.265 e. The molecule has 0 aliphatic carbocycles. The molecule has 1 aromatic rings. The van der Waals surface area contributed by atoms with Gasteiger partial charge in [0.25, 0.3) is 5.78 Å². The molecule has 14 heavy (non-hydrogen) atoms. The lowest BCUT2D eigenvalue weighted by Crippen LogP contribution is -2.00. The van der Waals surface area contributed by atoms with E-state index in [1.54, 1.807) is 18.2 Å². The second kappa shape index (κ2) is 3.93. The van der Waals surface area contributed by atoms with Crippen molar-refractivity contribution in [2.75, 3.05) is 7.11 Å². The third-order valence-electron chi connectivity index (χ3n) is 2.16. The van der Waals surface area contributed by atoms with Crippen LogP contribution >= 0.6 is 0 Å². The van der Waals surface area contributed by atoms with E-state index in [9.17, 15) is 4.79 Å². The number of ether oxygens (including phenoxy) is 1. The average molecular weight is 189 g/mol. The summed E-state index contributed by atoms with van der Waals surface area (Å²) in [5.41, 5.74) is 2.35. The maximum atomic E-state index is 11.2. The third kappa shape index (κ3) is 1.74. The molecule has 0 atom stereocenters. The summed E-state index contributed by atoms with van der Waals surface area (Å²) in [5.74, 6) is -0.107. The Kier molecular flexibility index (Phi) is 2.88. The molecule has 0 saturated heterocycles. The van der Waals surface area contributed by atoms with Crippen LogP contribution in [0, 0.1) is 25.2 Å². The van der Waals surface area contributed by atoms with Crippen molar-refractivity contribution in [1.29, 1.82) is 5.26 Å². The molecular formula is C11H11NO2. The summed E-state index contributed by atoms with van der Waals surface area (Å²) >= 11 is 0. The highest BCUT2D eigenvalue weighted by atomic mass is 16.5. The predicted molar refractivity (Wildman–Crippen MR) is 52.4 cm³/mol. The number of hydrogen-bond acceptors (Lipinski definition) is 3. The van der Waals surface area contributed by atoms with Gasteiger partial charge in [0, 0.05) is 0 Å². The van der Waals surface area contributed by atoms with Crippen molar-refractivity contribution in [3.63, 3.8) is 0 Å². The first-order chi connectivity index (χ1) is 6.60. The van der Waals surface area contributed by atoms with Crippen molar-refractivity contribution < 1.29 is 9.53 Å². The van der Waals surface area contributed by atoms with E-state index in [-0.39, 0.29) is 0 Å². The normalized spacial score (nSPS) is 9.29. The molecule has 0 fully saturated rings. The monoisotopic (exact) mass is 189 g/mol. The SMILES string of the molecule is COc1cc(C)c(C)cc1C(=O)C#N. The van der Waals surface area contributed by atoms with Crippen molar-refractivity contribution in [2.24, 2.45) is 0 Å². The lowest BCUT2D eigenvalue weighted by Gasteiger charge is -2.08. The number of Topliss-reactive ketones (excluding diaryl/α,β-unsaturated/α-hetero) is 1. The Labute approximate surface area is 82.9 Å². The number of benzene rings is 1. The van der Waals surface area contributed by atoms with Crippen molar-refractivity contribution in [3.05, 3.63) is 28.8 Å². The van der Waals surface area contributed by atoms with E-state index in [4.69, 9.17) is 10.00 Å². The maximum absolute atomic E-state index is 11.2. The average Bonchev–Trinajstić information content (AvgIpc) is 2.20. The highest BCUT2D eigenvalue weighted by Crippen LogP contribution is 2.23. The second-order valence-electron chi connectivity index (χ2n) is 3.08. The molecule has 72 valence electrons. The largest absolute Gasteiger partial charge is 0.496 e. The van der Waals surface area contributed by atoms with Gasteiger partial charge in [-0.1, -0.05) is 0 Å². The molecule has 1 rings (SSSR count). The van der Waals surface area contributed by atoms with Crippen molar-refractivity contribution in [2.45, 2.75) is 13.8 Å². The molecule has 0 aliphatic rings. The zero-order valence-electron chi connectivity index (χ0n) is 8.42. The van der Waals surface area contributed by atoms with Crippen LogP contribution in [0.3, 0.4) is 0 Å². The summed E-state index contributed by atoms with van der Waals surface area (Å²) in [4.78, 5) is 11.2. The molecule has 0 unspecified atom stereocenters. The standard InChI is InChI=1S/C11H11NO2/c1-7-4-9(10(13)6-12)11(14-3)5-8(7)2/h4-5H,1-3H3. The third-order valence-corrected chi connectivity index (χ3v) is 2.16. The number of rotatable bonds is 2. The zero-order valence-corrected chi connectivity index (χ0v) is 8.42. The van der Waals surface area contributed by atoms with E-state index in [1.807, 2.05) is 13.8 Å². The molecule has 0 radical (unpaired) electrons. The van der Waals surface area contributed by atoms with Crippen molar-refractivity contribution in [3.8, 4) is 11.8 Å². The number of ketones is 1. The van der Waals surface area contributed by atoms with E-state index in [0.717, 1.165) is 11.1 Å². The Morgan fingerprint density at radius 2 is 1.93 bits per heavy atom. The Balaban J connectivity index is 3.36. The molecule has 0 heterocycles. The first kappa shape index (κ1) is 10.3. The van der Waals surface area contributed by atoms with Crippen LogP contribution in [0.5, 0.6) is 5.75 Å². The highest BCUT2D eigenvalue weighted by Gasteiger charge is 2.12. The van der Waals surface area contributed by atoms with Crippen LogP contribution in [0.1, 0.15) is 21.5 Å². The van der Waals surface area contributed by atoms with Gasteiger partial charge in [0.1, 0.15) is 11.8 Å². The number of methoxy groups -OCH3 is 1. The molecule has 0 amide bonds. The molecule has 3 nitrogen and oxygen atoms in total. The van der Waals surface area contributed by atoms with Gasteiger partial charge in [-0.2, -0.15) is 5.26 Å². The number of hydrogen-bond donors (Lipinski definition) is 0. The fraction of sp³-hybridized carbons (Fsp3) is 0.273. The van der Waals surface area contributed by atoms with Gasteiger partial charge in [0.15, 0.2) is 0 Å². The summed E-state index contributed by atoms with van der Waals surface area (Å²) < 4.78 is 5.03. The van der Waals surface area contributed by atoms with Crippen LogP contribution in [0.25, 0.3) is 0 Å². The quantitative estimate of drug-likeness (QED) is 0.528. The lowest BCUT2D eigenvalue weighted by atomic mass is 10.0. The minimum atomic E-state index is -0.565. The molecule has 0 spiro atoms. The number of carbonyl (C=O) groups is 1. The van der Waals surface area contributed by atoms with Crippen LogP contribution in [-0.2, 0) is 0 Å². The zero-order chi connectivity index (χ0) is 10.7. The van der Waals surface area contributed by atoms with E-state index < -0.39 is 5.78 Å². The number of nitrogens with zero attached hydrogens (tertiary/aromatic N) is 1. The Morgan fingerprint density at radius 1 is 1.36 bits per heavy atom. The van der Waals surface area contributed by atoms with Crippen LogP contribution in [0.4, 0.5) is 0 Å². The topological polar surface area (TPSA) is 50.1 Å². The number of aryl methyl sites for hydroxylation is 2. The van der Waals surface area contributed by atoms with Gasteiger partial charge >= 0.3 is 0 Å². The number of nitriles is 1. The highest BCUT2D eigenvalue weighted by molar-refractivity contribution is 6.09. The first-order valence-corrected chi connectivity index (χ1v) is 4.19. The van der Waals surface area contributed by atoms with Gasteiger partial charge in [-0.05, 0) is 37.1 Å². The van der Waals surface area contributed by atoms with E-state index in [0.29, 0.717) is 11.3 Å². The van der Waals surface area contributed by atoms with E-state index in [1.165, 1.54) is 7.11 Å². The molecule has 0 saturated carbocycles. The van der Waals surface area contributed by atoms with Gasteiger partial charge in [-0.15, -0.1) is 0 Å². The molecular weight excluding hydrogens is 178 g/mol. The van der Waals surface area contributed by atoms with E-state index in [2.05, 4.69) is 0 Å². The molecule has 0 aliphatic heterocycles. The Morgan fingerprint density at radius 3 is 2.43 bits per heavy atom. The molecule has 0 N–H and O–H groups in total. The molecule has 3 heteroatoms. The van der Waals surface area contributed by atoms with Gasteiger partial charge in [0.05, 0.1) is 12.7 Å². The van der Waals surface area contributed by atoms with E-state index >= 15 is 0 Å². The summed E-state index contributed by atoms with van der Waals surface area (Å²) in [6, 6.07) is 5.03. The predicted octanol–water partition coefficient (Wildman–Crippen LogP) is 2.02. The Bertz CT molecular complexity index is 416. The van der Waals surface area contributed by atoms with Crippen LogP contribution < -0.4 is 4.74 Å². The fourth-order valence-corrected chi connectivity index (χ4v) is 1.20. The minimum absolute atomic E-state index is 0.332. The second-order valence-corrected chi connectivity index (χ2v) is 3.08. The Hall–Kier alpha value is -1.82. The van der Waals surface area contributed by atoms with Gasteiger partial charge in [-0.25, -0.2) is 0 Å². The number of carbonyl (C=O) groups excluding carboxylic acids is 1. The summed E-state index contributed by atoms with van der Waals surface area (Å²) in [6.07, 6.45) is 0. The van der Waals surface area contributed by atoms with Crippen LogP contribution in [0.15, 0.2) is 12.1 Å². The van der Waals surface area contributed by atoms with Gasteiger partial charge in [0.2, 0.25) is 0 Å². The molecule has 1 aromatic carbocycles. The summed E-state index contributed by atoms with van der Waals surface area (Å²) in [5, 5.41) is 8.51. The molecule has 0 aromatic heterocycles. The summed E-state index contributed by atoms with van der Waals surface area (Å²) in [6.45, 7) is 3.82. The fourth-order valence-electron chi connectivity index (χ4n) is 1.20. The summed E-state index contributed by atoms with van der Waals surface area (Å²) in [7, 11) is 1.48. The van der Waals surface area contributed by atoms with Crippen molar-refractivity contribution >= 4 is 5.78 Å². The van der Waals surface area contributed by atoms with Crippen molar-refractivity contribution in [1.82, 2.24) is 0 Å². The van der Waals surface area contributed by atoms with Gasteiger partial charge < -0.3 is 4.74 Å². The first-order valence-electron chi connectivity index (χ1n) is 4.19. The lowest BCUT2D eigenvalue weighted by molar-refractivity contribution is 0.105.